The number of rotatable bonds is 9. The summed E-state index contributed by atoms with van der Waals surface area (Å²) in [5.41, 5.74) is 1.41. The second-order valence-electron chi connectivity index (χ2n) is 11.0. The predicted molar refractivity (Wildman–Crippen MR) is 138 cm³/mol. The first-order chi connectivity index (χ1) is 16.9. The van der Waals surface area contributed by atoms with Crippen LogP contribution in [0, 0.1) is 11.8 Å². The Balaban J connectivity index is 1.74. The third kappa shape index (κ3) is 6.06. The molecule has 4 atom stereocenters. The largest absolute Gasteiger partial charge is 0.383 e. The Kier molecular flexibility index (Phi) is 8.76. The summed E-state index contributed by atoms with van der Waals surface area (Å²) in [6.45, 7) is 8.01. The molecule has 1 aromatic rings. The van der Waals surface area contributed by atoms with Gasteiger partial charge in [-0.05, 0) is 55.4 Å². The number of carbonyl (C=O) groups is 4. The number of likely N-dealkylation sites (tertiary alicyclic amines) is 2. The Bertz CT molecular complexity index is 975. The van der Waals surface area contributed by atoms with E-state index in [-0.39, 0.29) is 36.0 Å². The molecule has 3 rings (SSSR count). The second-order valence-corrected chi connectivity index (χ2v) is 11.0. The maximum Gasteiger partial charge on any atom is 0.252 e. The fourth-order valence-corrected chi connectivity index (χ4v) is 5.14. The summed E-state index contributed by atoms with van der Waals surface area (Å²) in [7, 11) is 3.83. The van der Waals surface area contributed by atoms with Crippen LogP contribution in [0.15, 0.2) is 24.3 Å². The Hall–Kier alpha value is -2.94. The van der Waals surface area contributed by atoms with E-state index in [1.807, 2.05) is 58.8 Å². The van der Waals surface area contributed by atoms with Crippen molar-refractivity contribution in [2.24, 2.45) is 11.8 Å². The molecule has 0 radical (unpaired) electrons. The minimum absolute atomic E-state index is 0.105. The van der Waals surface area contributed by atoms with E-state index in [2.05, 4.69) is 5.32 Å². The van der Waals surface area contributed by atoms with Gasteiger partial charge in [-0.1, -0.05) is 27.7 Å². The number of amides is 3. The molecule has 2 fully saturated rings. The lowest BCUT2D eigenvalue weighted by molar-refractivity contribution is -0.142. The number of hydrogen-bond donors (Lipinski definition) is 2. The van der Waals surface area contributed by atoms with Crippen LogP contribution in [0.1, 0.15) is 57.3 Å². The lowest BCUT2D eigenvalue weighted by Crippen LogP contribution is -2.53. The number of nitrogens with one attached hydrogen (secondary N) is 1. The highest BCUT2D eigenvalue weighted by Gasteiger charge is 2.52. The third-order valence-electron chi connectivity index (χ3n) is 6.92. The molecule has 0 bridgehead atoms. The summed E-state index contributed by atoms with van der Waals surface area (Å²) in [5.74, 6) is -1.03. The fourth-order valence-electron chi connectivity index (χ4n) is 5.14. The van der Waals surface area contributed by atoms with Gasteiger partial charge in [0.2, 0.25) is 5.91 Å². The maximum absolute atomic E-state index is 13.6. The van der Waals surface area contributed by atoms with Gasteiger partial charge in [-0.25, -0.2) is 0 Å². The molecule has 2 heterocycles. The van der Waals surface area contributed by atoms with E-state index in [4.69, 9.17) is 0 Å². The molecular weight excluding hydrogens is 460 g/mol. The number of nitrogens with zero attached hydrogens (tertiary/aromatic N) is 3. The smallest absolute Gasteiger partial charge is 0.252 e. The number of hydrogen-bond acceptors (Lipinski definition) is 6. The summed E-state index contributed by atoms with van der Waals surface area (Å²) in [6.07, 6.45) is 0.0595. The Morgan fingerprint density at radius 2 is 1.61 bits per heavy atom. The molecule has 36 heavy (non-hydrogen) atoms. The van der Waals surface area contributed by atoms with Gasteiger partial charge >= 0.3 is 0 Å². The van der Waals surface area contributed by atoms with Crippen molar-refractivity contribution in [3.63, 3.8) is 0 Å². The summed E-state index contributed by atoms with van der Waals surface area (Å²) in [5, 5.41) is 13.2. The van der Waals surface area contributed by atoms with Crippen molar-refractivity contribution in [1.82, 2.24) is 15.1 Å². The van der Waals surface area contributed by atoms with E-state index < -0.39 is 30.1 Å². The zero-order valence-electron chi connectivity index (χ0n) is 22.2. The molecule has 9 nitrogen and oxygen atoms in total. The summed E-state index contributed by atoms with van der Waals surface area (Å²) in [6, 6.07) is 5.17. The summed E-state index contributed by atoms with van der Waals surface area (Å²) >= 11 is 0. The number of aliphatic hydroxyl groups excluding tert-OH is 1. The van der Waals surface area contributed by atoms with E-state index in [9.17, 15) is 24.3 Å². The van der Waals surface area contributed by atoms with E-state index >= 15 is 0 Å². The lowest BCUT2D eigenvalue weighted by Gasteiger charge is -2.29. The van der Waals surface area contributed by atoms with Gasteiger partial charge < -0.3 is 25.1 Å². The first kappa shape index (κ1) is 27.6. The van der Waals surface area contributed by atoms with Crippen molar-refractivity contribution in [2.45, 2.75) is 71.2 Å². The van der Waals surface area contributed by atoms with Crippen LogP contribution in [-0.4, -0.2) is 89.8 Å². The Morgan fingerprint density at radius 1 is 1.00 bits per heavy atom. The monoisotopic (exact) mass is 500 g/mol. The van der Waals surface area contributed by atoms with E-state index in [1.54, 1.807) is 12.1 Å². The number of anilines is 1. The Morgan fingerprint density at radius 3 is 2.17 bits per heavy atom. The number of aliphatic hydroxyl groups is 1. The molecule has 0 aromatic heterocycles. The van der Waals surface area contributed by atoms with Crippen LogP contribution in [0.2, 0.25) is 0 Å². The number of fused-ring (bicyclic) bond motifs is 1. The van der Waals surface area contributed by atoms with Crippen LogP contribution in [-0.2, 0) is 14.4 Å². The molecular formula is C27H40N4O5. The topological polar surface area (TPSA) is 110 Å². The highest BCUT2D eigenvalue weighted by Crippen LogP contribution is 2.31. The van der Waals surface area contributed by atoms with Gasteiger partial charge in [-0.15, -0.1) is 0 Å². The minimum atomic E-state index is -1.16. The minimum Gasteiger partial charge on any atom is -0.383 e. The fraction of sp³-hybridized carbons (Fsp3) is 0.630. The molecule has 2 N–H and O–H groups in total. The van der Waals surface area contributed by atoms with Crippen LogP contribution < -0.4 is 10.2 Å². The van der Waals surface area contributed by atoms with Gasteiger partial charge in [0.15, 0.2) is 5.78 Å². The third-order valence-corrected chi connectivity index (χ3v) is 6.92. The van der Waals surface area contributed by atoms with Crippen LogP contribution in [0.4, 0.5) is 5.69 Å². The summed E-state index contributed by atoms with van der Waals surface area (Å²) in [4.78, 5) is 57.3. The van der Waals surface area contributed by atoms with Crippen LogP contribution in [0.25, 0.3) is 0 Å². The number of carbonyl (C=O) groups excluding carboxylic acids is 4. The average molecular weight is 501 g/mol. The maximum atomic E-state index is 13.6. The second kappa shape index (κ2) is 11.4. The van der Waals surface area contributed by atoms with Crippen LogP contribution >= 0.6 is 0 Å². The molecule has 2 aliphatic heterocycles. The van der Waals surface area contributed by atoms with Crippen molar-refractivity contribution in [1.29, 1.82) is 0 Å². The standard InChI is InChI=1S/C27H40N4O5/c1-16(2)13-20(28-25(34)18-7-9-19(10-8-18)29(5)6)26(35)30-12-11-21-24(30)23(33)15-31(21)27(36)22(32)14-17(3)4/h7-10,16-17,20-22,24,32H,11-15H2,1-6H3,(H,28,34). The average Bonchev–Trinajstić information content (AvgIpc) is 3.38. The highest BCUT2D eigenvalue weighted by atomic mass is 16.3. The molecule has 1 aromatic carbocycles. The van der Waals surface area contributed by atoms with Crippen LogP contribution in [0.3, 0.4) is 0 Å². The lowest BCUT2D eigenvalue weighted by atomic mass is 10.0. The Labute approximate surface area is 213 Å². The van der Waals surface area contributed by atoms with Gasteiger partial charge in [0.05, 0.1) is 12.6 Å². The van der Waals surface area contributed by atoms with Gasteiger partial charge in [0, 0.05) is 31.9 Å². The molecule has 0 aliphatic carbocycles. The number of Topliss-reactive ketones (excluding diaryl/α,β-unsaturated/α-hetero) is 1. The van der Waals surface area contributed by atoms with E-state index in [1.165, 1.54) is 9.80 Å². The molecule has 0 saturated carbocycles. The molecule has 2 aliphatic rings. The van der Waals surface area contributed by atoms with Gasteiger partial charge in [-0.2, -0.15) is 0 Å². The zero-order chi connectivity index (χ0) is 26.7. The SMILES string of the molecule is CC(C)CC(O)C(=O)N1CC(=O)C2C1CCN2C(=O)C(CC(C)C)NC(=O)c1ccc(N(C)C)cc1. The zero-order valence-corrected chi connectivity index (χ0v) is 22.2. The molecule has 0 spiro atoms. The van der Waals surface area contributed by atoms with Crippen LogP contribution in [0.5, 0.6) is 0 Å². The van der Waals surface area contributed by atoms with Crippen molar-refractivity contribution < 1.29 is 24.3 Å². The van der Waals surface area contributed by atoms with Crippen molar-refractivity contribution >= 4 is 29.2 Å². The van der Waals surface area contributed by atoms with Crippen molar-refractivity contribution in [2.75, 3.05) is 32.1 Å². The van der Waals surface area contributed by atoms with E-state index in [0.29, 0.717) is 31.4 Å². The van der Waals surface area contributed by atoms with Gasteiger partial charge in [0.25, 0.3) is 11.8 Å². The number of benzene rings is 1. The van der Waals surface area contributed by atoms with Gasteiger partial charge in [-0.3, -0.25) is 19.2 Å². The first-order valence-electron chi connectivity index (χ1n) is 12.8. The summed E-state index contributed by atoms with van der Waals surface area (Å²) < 4.78 is 0. The quantitative estimate of drug-likeness (QED) is 0.534. The molecule has 4 unspecified atom stereocenters. The normalized spacial score (nSPS) is 21.1. The first-order valence-corrected chi connectivity index (χ1v) is 12.8. The molecule has 2 saturated heterocycles. The van der Waals surface area contributed by atoms with Gasteiger partial charge in [0.1, 0.15) is 18.2 Å². The highest BCUT2D eigenvalue weighted by molar-refractivity contribution is 6.01. The molecule has 3 amide bonds. The molecule has 198 valence electrons. The molecule has 9 heteroatoms. The predicted octanol–water partition coefficient (Wildman–Crippen LogP) is 1.68. The van der Waals surface area contributed by atoms with Crippen molar-refractivity contribution in [3.05, 3.63) is 29.8 Å². The number of ketones is 1. The van der Waals surface area contributed by atoms with Crippen molar-refractivity contribution in [3.8, 4) is 0 Å². The van der Waals surface area contributed by atoms with E-state index in [0.717, 1.165) is 5.69 Å².